The van der Waals surface area contributed by atoms with E-state index in [9.17, 15) is 9.18 Å². The zero-order chi connectivity index (χ0) is 14.4. The van der Waals surface area contributed by atoms with Crippen LogP contribution in [0.25, 0.3) is 0 Å². The summed E-state index contributed by atoms with van der Waals surface area (Å²) >= 11 is 3.10. The van der Waals surface area contributed by atoms with Crippen LogP contribution < -0.4 is 10.5 Å². The minimum absolute atomic E-state index is 0.215. The van der Waals surface area contributed by atoms with Crippen molar-refractivity contribution in [1.82, 2.24) is 0 Å². The molecule has 0 aliphatic heterocycles. The van der Waals surface area contributed by atoms with Crippen molar-refractivity contribution >= 4 is 21.9 Å². The molecule has 0 aromatic heterocycles. The van der Waals surface area contributed by atoms with Gasteiger partial charge in [0.05, 0.1) is 18.2 Å². The van der Waals surface area contributed by atoms with Crippen molar-refractivity contribution in [3.63, 3.8) is 0 Å². The normalized spacial score (nSPS) is 12.1. The van der Waals surface area contributed by atoms with Crippen molar-refractivity contribution in [3.8, 4) is 5.75 Å². The molecule has 19 heavy (non-hydrogen) atoms. The van der Waals surface area contributed by atoms with E-state index >= 15 is 0 Å². The zero-order valence-corrected chi connectivity index (χ0v) is 12.5. The lowest BCUT2D eigenvalue weighted by atomic mass is 10.0. The van der Waals surface area contributed by atoms with Crippen molar-refractivity contribution < 1.29 is 18.7 Å². The highest BCUT2D eigenvalue weighted by molar-refractivity contribution is 9.10. The highest BCUT2D eigenvalue weighted by Crippen LogP contribution is 2.31. The Hall–Kier alpha value is -1.14. The molecule has 1 atom stereocenters. The number of hydrogen-bond acceptors (Lipinski definition) is 4. The van der Waals surface area contributed by atoms with Crippen molar-refractivity contribution in [2.24, 2.45) is 5.73 Å². The molecule has 0 radical (unpaired) electrons. The second-order valence-electron chi connectivity index (χ2n) is 3.96. The Balaban J connectivity index is 2.78. The number of hydrogen-bond donors (Lipinski definition) is 1. The fourth-order valence-corrected chi connectivity index (χ4v) is 2.03. The minimum atomic E-state index is -0.420. The first-order valence-electron chi connectivity index (χ1n) is 5.93. The smallest absolute Gasteiger partial charge is 0.305 e. The van der Waals surface area contributed by atoms with Gasteiger partial charge in [-0.3, -0.25) is 4.79 Å². The molecule has 2 N–H and O–H groups in total. The molecule has 0 aliphatic carbocycles. The number of carbonyl (C=O) groups is 1. The monoisotopic (exact) mass is 333 g/mol. The van der Waals surface area contributed by atoms with Crippen LogP contribution in [-0.2, 0) is 9.53 Å². The topological polar surface area (TPSA) is 61.5 Å². The molecule has 1 aromatic carbocycles. The van der Waals surface area contributed by atoms with Crippen LogP contribution in [0.2, 0.25) is 0 Å². The van der Waals surface area contributed by atoms with Crippen LogP contribution in [0.15, 0.2) is 16.6 Å². The summed E-state index contributed by atoms with van der Waals surface area (Å²) < 4.78 is 23.6. The predicted octanol–water partition coefficient (Wildman–Crippen LogP) is 2.94. The predicted molar refractivity (Wildman–Crippen MR) is 73.4 cm³/mol. The van der Waals surface area contributed by atoms with E-state index in [1.54, 1.807) is 13.0 Å². The molecule has 0 fully saturated rings. The summed E-state index contributed by atoms with van der Waals surface area (Å²) in [5, 5.41) is 0. The summed E-state index contributed by atoms with van der Waals surface area (Å²) in [6.07, 6.45) is 0.625. The van der Waals surface area contributed by atoms with Gasteiger partial charge in [-0.25, -0.2) is 4.39 Å². The summed E-state index contributed by atoms with van der Waals surface area (Å²) in [6.45, 7) is 2.09. The molecule has 4 nitrogen and oxygen atoms in total. The number of benzene rings is 1. The fraction of sp³-hybridized carbons (Fsp3) is 0.462. The number of ether oxygens (including phenoxy) is 2. The maximum atomic E-state index is 13.4. The second-order valence-corrected chi connectivity index (χ2v) is 4.81. The molecular formula is C13H17BrFNO3. The van der Waals surface area contributed by atoms with E-state index in [0.717, 1.165) is 0 Å². The first-order chi connectivity index (χ1) is 8.99. The van der Waals surface area contributed by atoms with Gasteiger partial charge in [-0.15, -0.1) is 0 Å². The van der Waals surface area contributed by atoms with Crippen LogP contribution in [0.3, 0.4) is 0 Å². The van der Waals surface area contributed by atoms with Crippen molar-refractivity contribution in [3.05, 3.63) is 28.0 Å². The number of halogens is 2. The first-order valence-corrected chi connectivity index (χ1v) is 6.73. The number of carbonyl (C=O) groups excluding carboxylic acids is 1. The summed E-state index contributed by atoms with van der Waals surface area (Å²) in [4.78, 5) is 11.3. The van der Waals surface area contributed by atoms with Crippen molar-refractivity contribution in [1.29, 1.82) is 0 Å². The van der Waals surface area contributed by atoms with Gasteiger partial charge >= 0.3 is 5.97 Å². The highest BCUT2D eigenvalue weighted by Gasteiger charge is 2.16. The van der Waals surface area contributed by atoms with Crippen LogP contribution >= 0.6 is 15.9 Å². The van der Waals surface area contributed by atoms with Gasteiger partial charge in [0.25, 0.3) is 0 Å². The van der Waals surface area contributed by atoms with E-state index in [2.05, 4.69) is 15.9 Å². The quantitative estimate of drug-likeness (QED) is 0.813. The first kappa shape index (κ1) is 15.9. The van der Waals surface area contributed by atoms with Crippen molar-refractivity contribution in [2.45, 2.75) is 25.8 Å². The lowest BCUT2D eigenvalue weighted by Gasteiger charge is -2.16. The average Bonchev–Trinajstić information content (AvgIpc) is 2.39. The van der Waals surface area contributed by atoms with Gasteiger partial charge < -0.3 is 15.2 Å². The molecule has 1 aromatic rings. The van der Waals surface area contributed by atoms with Crippen LogP contribution in [-0.4, -0.2) is 19.7 Å². The van der Waals surface area contributed by atoms with E-state index in [1.807, 2.05) is 0 Å². The molecule has 0 spiro atoms. The molecule has 0 aliphatic rings. The molecule has 0 saturated carbocycles. The molecule has 0 amide bonds. The van der Waals surface area contributed by atoms with Gasteiger partial charge in [0, 0.05) is 24.1 Å². The lowest BCUT2D eigenvalue weighted by molar-refractivity contribution is -0.143. The highest BCUT2D eigenvalue weighted by atomic mass is 79.9. The SMILES string of the molecule is CCOC(=O)CCC(N)c1cc(Br)c(F)cc1OC. The van der Waals surface area contributed by atoms with Gasteiger partial charge in [-0.1, -0.05) is 0 Å². The van der Waals surface area contributed by atoms with E-state index in [4.69, 9.17) is 15.2 Å². The third-order valence-corrected chi connectivity index (χ3v) is 3.24. The molecule has 1 rings (SSSR count). The average molecular weight is 334 g/mol. The van der Waals surface area contributed by atoms with Gasteiger partial charge in [-0.05, 0) is 35.3 Å². The number of methoxy groups -OCH3 is 1. The van der Waals surface area contributed by atoms with Crippen molar-refractivity contribution in [2.75, 3.05) is 13.7 Å². The summed E-state index contributed by atoms with van der Waals surface area (Å²) in [5.41, 5.74) is 6.66. The Bertz CT molecular complexity index is 454. The lowest BCUT2D eigenvalue weighted by Crippen LogP contribution is -2.15. The Morgan fingerprint density at radius 2 is 2.21 bits per heavy atom. The maximum Gasteiger partial charge on any atom is 0.305 e. The molecule has 0 bridgehead atoms. The molecule has 0 saturated heterocycles. The fourth-order valence-electron chi connectivity index (χ4n) is 1.67. The summed E-state index contributed by atoms with van der Waals surface area (Å²) in [5.74, 6) is -0.339. The van der Waals surface area contributed by atoms with Crippen LogP contribution in [0.5, 0.6) is 5.75 Å². The van der Waals surface area contributed by atoms with Gasteiger partial charge in [-0.2, -0.15) is 0 Å². The Morgan fingerprint density at radius 1 is 1.53 bits per heavy atom. The summed E-state index contributed by atoms with van der Waals surface area (Å²) in [7, 11) is 1.45. The third-order valence-electron chi connectivity index (χ3n) is 2.64. The zero-order valence-electron chi connectivity index (χ0n) is 10.9. The number of rotatable bonds is 6. The summed E-state index contributed by atoms with van der Waals surface area (Å²) in [6, 6.07) is 2.42. The molecule has 106 valence electrons. The molecular weight excluding hydrogens is 317 g/mol. The Kier molecular flexibility index (Phi) is 6.24. The van der Waals surface area contributed by atoms with E-state index in [0.29, 0.717) is 28.8 Å². The second kappa shape index (κ2) is 7.45. The molecule has 1 unspecified atom stereocenters. The number of nitrogens with two attached hydrogens (primary N) is 1. The van der Waals surface area contributed by atoms with E-state index in [1.165, 1.54) is 13.2 Å². The largest absolute Gasteiger partial charge is 0.496 e. The Labute approximate surface area is 120 Å². The minimum Gasteiger partial charge on any atom is -0.496 e. The molecule has 0 heterocycles. The van der Waals surface area contributed by atoms with E-state index < -0.39 is 11.9 Å². The third kappa shape index (κ3) is 4.47. The Morgan fingerprint density at radius 3 is 2.79 bits per heavy atom. The molecule has 6 heteroatoms. The van der Waals surface area contributed by atoms with Gasteiger partial charge in [0.2, 0.25) is 0 Å². The standard InChI is InChI=1S/C13H17BrFNO3/c1-3-19-13(17)5-4-11(16)8-6-9(14)10(15)7-12(8)18-2/h6-7,11H,3-5,16H2,1-2H3. The van der Waals surface area contributed by atoms with Gasteiger partial charge in [0.1, 0.15) is 11.6 Å². The van der Waals surface area contributed by atoms with E-state index in [-0.39, 0.29) is 12.4 Å². The van der Waals surface area contributed by atoms with Crippen LogP contribution in [0.1, 0.15) is 31.4 Å². The van der Waals surface area contributed by atoms with Crippen LogP contribution in [0, 0.1) is 5.82 Å². The van der Waals surface area contributed by atoms with Gasteiger partial charge in [0.15, 0.2) is 0 Å². The van der Waals surface area contributed by atoms with Crippen LogP contribution in [0.4, 0.5) is 4.39 Å². The maximum absolute atomic E-state index is 13.4. The number of esters is 1.